The van der Waals surface area contributed by atoms with E-state index in [1.165, 1.54) is 18.0 Å². The minimum absolute atomic E-state index is 0.790. The van der Waals surface area contributed by atoms with Crippen LogP contribution in [0.4, 0.5) is 0 Å². The summed E-state index contributed by atoms with van der Waals surface area (Å²) in [7, 11) is 0. The van der Waals surface area contributed by atoms with Crippen LogP contribution in [0.5, 0.6) is 0 Å². The number of aryl methyl sites for hydroxylation is 1. The topological polar surface area (TPSA) is 44.8 Å². The fourth-order valence-electron chi connectivity index (χ4n) is 2.70. The fraction of sp³-hybridized carbons (Fsp3) is 0.0526. The van der Waals surface area contributed by atoms with E-state index in [0.29, 0.717) is 0 Å². The summed E-state index contributed by atoms with van der Waals surface area (Å²) < 4.78 is 2.87. The maximum atomic E-state index is 11.2. The average molecular weight is 301 g/mol. The smallest absolute Gasteiger partial charge is 0.180 e. The molecule has 0 unspecified atom stereocenters. The minimum atomic E-state index is 0.790. The van der Waals surface area contributed by atoms with Crippen LogP contribution in [-0.2, 0) is 0 Å². The number of hydrogen-bond acceptors (Lipinski definition) is 2. The Morgan fingerprint density at radius 3 is 2.39 bits per heavy atom. The van der Waals surface area contributed by atoms with Crippen molar-refractivity contribution < 1.29 is 4.73 Å². The Bertz CT molecular complexity index is 970. The lowest BCUT2D eigenvalue weighted by Gasteiger charge is -2.06. The van der Waals surface area contributed by atoms with Gasteiger partial charge in [-0.1, -0.05) is 23.8 Å². The van der Waals surface area contributed by atoms with E-state index in [4.69, 9.17) is 0 Å². The quantitative estimate of drug-likeness (QED) is 0.419. The van der Waals surface area contributed by atoms with Crippen LogP contribution in [0.3, 0.4) is 0 Å². The molecule has 0 saturated carbocycles. The Morgan fingerprint density at radius 1 is 0.913 bits per heavy atom. The molecule has 0 spiro atoms. The summed E-state index contributed by atoms with van der Waals surface area (Å²) in [6.45, 7) is 2.07. The monoisotopic (exact) mass is 301 g/mol. The van der Waals surface area contributed by atoms with Crippen molar-refractivity contribution in [3.63, 3.8) is 0 Å². The second-order valence-electron chi connectivity index (χ2n) is 5.60. The Hall–Kier alpha value is -3.14. The Labute approximate surface area is 133 Å². The van der Waals surface area contributed by atoms with Crippen molar-refractivity contribution in [3.8, 4) is 16.8 Å². The maximum absolute atomic E-state index is 11.2. The lowest BCUT2D eigenvalue weighted by atomic mass is 10.1. The second kappa shape index (κ2) is 5.25. The molecule has 0 amide bonds. The molecule has 4 aromatic rings. The zero-order valence-electron chi connectivity index (χ0n) is 12.7. The van der Waals surface area contributed by atoms with Gasteiger partial charge in [0.1, 0.15) is 6.33 Å². The Morgan fingerprint density at radius 2 is 1.65 bits per heavy atom. The summed E-state index contributed by atoms with van der Waals surface area (Å²) in [4.78, 5) is 4.48. The number of rotatable bonds is 2. The normalized spacial score (nSPS) is 11.0. The van der Waals surface area contributed by atoms with Gasteiger partial charge in [-0.2, -0.15) is 4.73 Å². The first-order valence-electron chi connectivity index (χ1n) is 7.44. The number of pyridine rings is 1. The largest absolute Gasteiger partial charge is 0.619 e. The van der Waals surface area contributed by atoms with E-state index in [2.05, 4.69) is 46.8 Å². The van der Waals surface area contributed by atoms with Crippen molar-refractivity contribution >= 4 is 11.0 Å². The molecule has 4 rings (SSSR count). The van der Waals surface area contributed by atoms with Gasteiger partial charge in [0.15, 0.2) is 12.4 Å². The second-order valence-corrected chi connectivity index (χ2v) is 5.60. The average Bonchev–Trinajstić information content (AvgIpc) is 2.99. The van der Waals surface area contributed by atoms with Crippen LogP contribution in [-0.4, -0.2) is 9.55 Å². The van der Waals surface area contributed by atoms with Crippen LogP contribution in [0.1, 0.15) is 5.56 Å². The van der Waals surface area contributed by atoms with Crippen molar-refractivity contribution in [2.24, 2.45) is 0 Å². The van der Waals surface area contributed by atoms with Crippen LogP contribution in [0.15, 0.2) is 73.3 Å². The molecule has 0 saturated heterocycles. The molecule has 0 N–H and O–H groups in total. The first-order valence-corrected chi connectivity index (χ1v) is 7.44. The van der Waals surface area contributed by atoms with Gasteiger partial charge in [-0.15, -0.1) is 0 Å². The molecule has 4 heteroatoms. The van der Waals surface area contributed by atoms with Crippen LogP contribution in [0, 0.1) is 12.1 Å². The van der Waals surface area contributed by atoms with Gasteiger partial charge in [-0.3, -0.25) is 4.57 Å². The third kappa shape index (κ3) is 2.44. The summed E-state index contributed by atoms with van der Waals surface area (Å²) in [5.41, 5.74) is 6.38. The van der Waals surface area contributed by atoms with Gasteiger partial charge in [-0.05, 0) is 42.3 Å². The molecule has 0 atom stereocenters. The predicted molar refractivity (Wildman–Crippen MR) is 90.2 cm³/mol. The highest BCUT2D eigenvalue weighted by atomic mass is 16.5. The number of hydrogen-bond donors (Lipinski definition) is 0. The van der Waals surface area contributed by atoms with E-state index >= 15 is 0 Å². The van der Waals surface area contributed by atoms with Crippen LogP contribution in [0.25, 0.3) is 27.8 Å². The Balaban J connectivity index is 1.86. The van der Waals surface area contributed by atoms with Gasteiger partial charge >= 0.3 is 0 Å². The highest BCUT2D eigenvalue weighted by Gasteiger charge is 2.07. The van der Waals surface area contributed by atoms with Crippen molar-refractivity contribution in [1.29, 1.82) is 0 Å². The maximum Gasteiger partial charge on any atom is 0.180 e. The van der Waals surface area contributed by atoms with Crippen LogP contribution in [0.2, 0.25) is 0 Å². The molecule has 0 fully saturated rings. The summed E-state index contributed by atoms with van der Waals surface area (Å²) in [5.74, 6) is 0. The molecular formula is C19H15N3O. The molecule has 0 aliphatic carbocycles. The lowest BCUT2D eigenvalue weighted by molar-refractivity contribution is -0.605. The molecule has 0 bridgehead atoms. The molecule has 0 aliphatic rings. The van der Waals surface area contributed by atoms with E-state index in [1.807, 2.05) is 30.6 Å². The first kappa shape index (κ1) is 13.5. The Kier molecular flexibility index (Phi) is 3.08. The van der Waals surface area contributed by atoms with E-state index in [1.54, 1.807) is 0 Å². The van der Waals surface area contributed by atoms with Gasteiger partial charge in [0, 0.05) is 17.8 Å². The molecule has 0 aliphatic heterocycles. The third-order valence-corrected chi connectivity index (χ3v) is 3.99. The SMILES string of the molecule is Cc1ccc(-n2cnc3ccc(-c4cc[n+]([O-])cc4)cc32)cc1. The van der Waals surface area contributed by atoms with Gasteiger partial charge in [0.2, 0.25) is 0 Å². The van der Waals surface area contributed by atoms with E-state index < -0.39 is 0 Å². The molecule has 23 heavy (non-hydrogen) atoms. The van der Waals surface area contributed by atoms with Crippen molar-refractivity contribution in [1.82, 2.24) is 9.55 Å². The molecule has 2 heterocycles. The highest BCUT2D eigenvalue weighted by Crippen LogP contribution is 2.25. The van der Waals surface area contributed by atoms with Gasteiger partial charge < -0.3 is 5.21 Å². The first-order chi connectivity index (χ1) is 11.2. The summed E-state index contributed by atoms with van der Waals surface area (Å²) >= 11 is 0. The number of nitrogens with zero attached hydrogens (tertiary/aromatic N) is 3. The van der Waals surface area contributed by atoms with Crippen molar-refractivity contribution in [2.45, 2.75) is 6.92 Å². The van der Waals surface area contributed by atoms with E-state index in [9.17, 15) is 5.21 Å². The number of fused-ring (bicyclic) bond motifs is 1. The van der Waals surface area contributed by atoms with E-state index in [-0.39, 0.29) is 0 Å². The van der Waals surface area contributed by atoms with Gasteiger partial charge in [-0.25, -0.2) is 4.98 Å². The number of aromatic nitrogens is 3. The van der Waals surface area contributed by atoms with Gasteiger partial charge in [0.05, 0.1) is 11.0 Å². The standard InChI is InChI=1S/C19H15N3O/c1-14-2-5-17(6-3-14)22-13-20-18-7-4-16(12-19(18)22)15-8-10-21(23)11-9-15/h2-13H,1H3. The van der Waals surface area contributed by atoms with Crippen LogP contribution >= 0.6 is 0 Å². The summed E-state index contributed by atoms with van der Waals surface area (Å²) in [5, 5.41) is 11.2. The molecule has 2 aromatic heterocycles. The summed E-state index contributed by atoms with van der Waals surface area (Å²) in [6, 6.07) is 18.1. The van der Waals surface area contributed by atoms with Gasteiger partial charge in [0.25, 0.3) is 0 Å². The predicted octanol–water partition coefficient (Wildman–Crippen LogP) is 3.63. The molecule has 4 nitrogen and oxygen atoms in total. The zero-order valence-corrected chi connectivity index (χ0v) is 12.7. The molecule has 2 aromatic carbocycles. The summed E-state index contributed by atoms with van der Waals surface area (Å²) in [6.07, 6.45) is 4.86. The van der Waals surface area contributed by atoms with Crippen LogP contribution < -0.4 is 4.73 Å². The molecule has 112 valence electrons. The van der Waals surface area contributed by atoms with Crippen molar-refractivity contribution in [2.75, 3.05) is 0 Å². The molecular weight excluding hydrogens is 286 g/mol. The van der Waals surface area contributed by atoms with Crippen molar-refractivity contribution in [3.05, 3.63) is 84.1 Å². The molecule has 0 radical (unpaired) electrons. The zero-order chi connectivity index (χ0) is 15.8. The highest BCUT2D eigenvalue weighted by molar-refractivity contribution is 5.83. The fourth-order valence-corrected chi connectivity index (χ4v) is 2.70. The van der Waals surface area contributed by atoms with E-state index in [0.717, 1.165) is 32.6 Å². The lowest BCUT2D eigenvalue weighted by Crippen LogP contribution is -2.23. The number of benzene rings is 2. The third-order valence-electron chi connectivity index (χ3n) is 3.99. The minimum Gasteiger partial charge on any atom is -0.619 e. The number of imidazole rings is 1.